The first-order valence-electron chi connectivity index (χ1n) is 4.49. The van der Waals surface area contributed by atoms with Crippen molar-refractivity contribution in [2.24, 2.45) is 0 Å². The van der Waals surface area contributed by atoms with E-state index in [9.17, 15) is 4.79 Å². The molecule has 0 atom stereocenters. The number of hydrogen-bond donors (Lipinski definition) is 0. The molecule has 0 aromatic heterocycles. The monoisotopic (exact) mass is 196 g/mol. The number of hydrogen-bond acceptors (Lipinski definition) is 3. The highest BCUT2D eigenvalue weighted by Crippen LogP contribution is 2.25. The van der Waals surface area contributed by atoms with Gasteiger partial charge in [0.15, 0.2) is 6.29 Å². The van der Waals surface area contributed by atoms with E-state index in [4.69, 9.17) is 9.47 Å². The van der Waals surface area contributed by atoms with Crippen molar-refractivity contribution < 1.29 is 14.3 Å². The molecule has 0 radical (unpaired) electrons. The lowest BCUT2D eigenvalue weighted by molar-refractivity contribution is 0.111. The fraction of sp³-hybridized carbons (Fsp3) is 0.364. The first-order chi connectivity index (χ1) is 6.83. The Bertz CT molecular complexity index is 260. The van der Waals surface area contributed by atoms with Crippen LogP contribution in [0.4, 0.5) is 0 Å². The number of methoxy groups -OCH3 is 2. The van der Waals surface area contributed by atoms with Gasteiger partial charge in [-0.25, -0.2) is 0 Å². The zero-order valence-electron chi connectivity index (χ0n) is 9.03. The molecule has 78 valence electrons. The predicted octanol–water partition coefficient (Wildman–Crippen LogP) is 2.54. The molecule has 0 bridgehead atoms. The van der Waals surface area contributed by atoms with Crippen molar-refractivity contribution in [1.29, 1.82) is 0 Å². The molecule has 0 heterocycles. The number of carbonyl (C=O) groups is 1. The normalized spacial score (nSPS) is 8.29. The van der Waals surface area contributed by atoms with Gasteiger partial charge in [0, 0.05) is 0 Å². The van der Waals surface area contributed by atoms with Crippen molar-refractivity contribution in [1.82, 2.24) is 0 Å². The molecule has 1 aromatic carbocycles. The summed E-state index contributed by atoms with van der Waals surface area (Å²) in [6.45, 7) is 4.00. The molecule has 0 unspecified atom stereocenters. The Labute approximate surface area is 84.7 Å². The Morgan fingerprint density at radius 3 is 1.79 bits per heavy atom. The maximum Gasteiger partial charge on any atom is 0.157 e. The van der Waals surface area contributed by atoms with Crippen LogP contribution in [0.3, 0.4) is 0 Å². The van der Waals surface area contributed by atoms with Crippen molar-refractivity contribution in [3.05, 3.63) is 23.8 Å². The standard InChI is InChI=1S/C9H10O3.C2H6/c1-11-8-4-3-5-9(12-2)7(8)6-10;1-2/h3-6H,1-2H3;1-2H3. The van der Waals surface area contributed by atoms with Gasteiger partial charge < -0.3 is 9.47 Å². The third-order valence-electron chi connectivity index (χ3n) is 1.58. The van der Waals surface area contributed by atoms with E-state index < -0.39 is 0 Å². The Kier molecular flexibility index (Phi) is 6.20. The lowest BCUT2D eigenvalue weighted by atomic mass is 10.2. The molecular formula is C11H16O3. The van der Waals surface area contributed by atoms with Gasteiger partial charge in [0.2, 0.25) is 0 Å². The zero-order valence-corrected chi connectivity index (χ0v) is 9.03. The molecule has 0 amide bonds. The maximum absolute atomic E-state index is 10.6. The van der Waals surface area contributed by atoms with E-state index in [1.165, 1.54) is 14.2 Å². The highest BCUT2D eigenvalue weighted by Gasteiger charge is 2.06. The van der Waals surface area contributed by atoms with Gasteiger partial charge in [0.25, 0.3) is 0 Å². The fourth-order valence-electron chi connectivity index (χ4n) is 0.996. The molecule has 0 fully saturated rings. The second-order valence-corrected chi connectivity index (χ2v) is 2.19. The molecule has 0 saturated carbocycles. The van der Waals surface area contributed by atoms with Crippen molar-refractivity contribution >= 4 is 6.29 Å². The minimum atomic E-state index is 0.447. The van der Waals surface area contributed by atoms with Gasteiger partial charge in [-0.05, 0) is 12.1 Å². The van der Waals surface area contributed by atoms with Gasteiger partial charge in [-0.1, -0.05) is 19.9 Å². The van der Waals surface area contributed by atoms with Gasteiger partial charge >= 0.3 is 0 Å². The summed E-state index contributed by atoms with van der Waals surface area (Å²) in [4.78, 5) is 10.6. The number of aldehydes is 1. The summed E-state index contributed by atoms with van der Waals surface area (Å²) in [6, 6.07) is 5.20. The molecule has 0 aliphatic carbocycles. The topological polar surface area (TPSA) is 35.5 Å². The van der Waals surface area contributed by atoms with Crippen molar-refractivity contribution in [3.63, 3.8) is 0 Å². The second kappa shape index (κ2) is 6.95. The summed E-state index contributed by atoms with van der Waals surface area (Å²) in [5.41, 5.74) is 0.447. The Morgan fingerprint density at radius 2 is 1.50 bits per heavy atom. The molecule has 3 heteroatoms. The molecule has 1 aromatic rings. The molecule has 1 rings (SSSR count). The number of carbonyl (C=O) groups excluding carboxylic acids is 1. The quantitative estimate of drug-likeness (QED) is 0.697. The number of benzene rings is 1. The first kappa shape index (κ1) is 12.5. The summed E-state index contributed by atoms with van der Waals surface area (Å²) in [6.07, 6.45) is 0.720. The van der Waals surface area contributed by atoms with Gasteiger partial charge in [-0.15, -0.1) is 0 Å². The summed E-state index contributed by atoms with van der Waals surface area (Å²) < 4.78 is 9.93. The third-order valence-corrected chi connectivity index (χ3v) is 1.58. The van der Waals surface area contributed by atoms with Gasteiger partial charge in [-0.2, -0.15) is 0 Å². The van der Waals surface area contributed by atoms with Crippen LogP contribution in [0.25, 0.3) is 0 Å². The summed E-state index contributed by atoms with van der Waals surface area (Å²) in [5.74, 6) is 1.06. The van der Waals surface area contributed by atoms with Crippen LogP contribution < -0.4 is 9.47 Å². The molecule has 0 spiro atoms. The summed E-state index contributed by atoms with van der Waals surface area (Å²) in [5, 5.41) is 0. The maximum atomic E-state index is 10.6. The lowest BCUT2D eigenvalue weighted by Crippen LogP contribution is -1.94. The molecule has 14 heavy (non-hydrogen) atoms. The van der Waals surface area contributed by atoms with E-state index in [0.29, 0.717) is 17.1 Å². The minimum absolute atomic E-state index is 0.447. The molecule has 3 nitrogen and oxygen atoms in total. The van der Waals surface area contributed by atoms with E-state index in [2.05, 4.69) is 0 Å². The lowest BCUT2D eigenvalue weighted by Gasteiger charge is -2.06. The van der Waals surface area contributed by atoms with Gasteiger partial charge in [-0.3, -0.25) is 4.79 Å². The van der Waals surface area contributed by atoms with Crippen molar-refractivity contribution in [2.75, 3.05) is 14.2 Å². The van der Waals surface area contributed by atoms with Crippen LogP contribution in [0, 0.1) is 0 Å². The van der Waals surface area contributed by atoms with E-state index >= 15 is 0 Å². The predicted molar refractivity (Wildman–Crippen MR) is 56.3 cm³/mol. The van der Waals surface area contributed by atoms with E-state index in [1.807, 2.05) is 13.8 Å². The summed E-state index contributed by atoms with van der Waals surface area (Å²) >= 11 is 0. The molecule has 0 aliphatic heterocycles. The Morgan fingerprint density at radius 1 is 1.07 bits per heavy atom. The SMILES string of the molecule is CC.COc1cccc(OC)c1C=O. The minimum Gasteiger partial charge on any atom is -0.496 e. The average molecular weight is 196 g/mol. The second-order valence-electron chi connectivity index (χ2n) is 2.19. The van der Waals surface area contributed by atoms with Crippen LogP contribution in [0.1, 0.15) is 24.2 Å². The van der Waals surface area contributed by atoms with Gasteiger partial charge in [0.1, 0.15) is 11.5 Å². The molecule has 0 N–H and O–H groups in total. The van der Waals surface area contributed by atoms with Crippen molar-refractivity contribution in [3.8, 4) is 11.5 Å². The Balaban J connectivity index is 0.000000791. The van der Waals surface area contributed by atoms with Crippen LogP contribution in [0.15, 0.2) is 18.2 Å². The molecule has 0 saturated heterocycles. The van der Waals surface area contributed by atoms with Crippen LogP contribution in [-0.2, 0) is 0 Å². The Hall–Kier alpha value is -1.51. The van der Waals surface area contributed by atoms with Crippen LogP contribution in [0.2, 0.25) is 0 Å². The fourth-order valence-corrected chi connectivity index (χ4v) is 0.996. The highest BCUT2D eigenvalue weighted by molar-refractivity contribution is 5.83. The van der Waals surface area contributed by atoms with Crippen LogP contribution in [0.5, 0.6) is 11.5 Å². The van der Waals surface area contributed by atoms with E-state index in [-0.39, 0.29) is 0 Å². The molecule has 0 aliphatic rings. The van der Waals surface area contributed by atoms with Crippen LogP contribution >= 0.6 is 0 Å². The largest absolute Gasteiger partial charge is 0.496 e. The zero-order chi connectivity index (χ0) is 11.0. The number of rotatable bonds is 3. The number of ether oxygens (including phenoxy) is 2. The van der Waals surface area contributed by atoms with Crippen LogP contribution in [-0.4, -0.2) is 20.5 Å². The first-order valence-corrected chi connectivity index (χ1v) is 4.49. The highest BCUT2D eigenvalue weighted by atomic mass is 16.5. The van der Waals surface area contributed by atoms with E-state index in [0.717, 1.165) is 6.29 Å². The molecular weight excluding hydrogens is 180 g/mol. The third kappa shape index (κ3) is 2.76. The average Bonchev–Trinajstić information content (AvgIpc) is 2.30. The van der Waals surface area contributed by atoms with E-state index in [1.54, 1.807) is 18.2 Å². The smallest absolute Gasteiger partial charge is 0.157 e. The summed E-state index contributed by atoms with van der Waals surface area (Å²) in [7, 11) is 3.03. The van der Waals surface area contributed by atoms with Crippen molar-refractivity contribution in [2.45, 2.75) is 13.8 Å². The van der Waals surface area contributed by atoms with Gasteiger partial charge in [0.05, 0.1) is 19.8 Å².